The van der Waals surface area contributed by atoms with Crippen LogP contribution in [0.25, 0.3) is 10.9 Å². The van der Waals surface area contributed by atoms with Crippen LogP contribution >= 0.6 is 11.3 Å². The number of amides is 1. The van der Waals surface area contributed by atoms with Crippen LogP contribution < -0.4 is 16.6 Å². The Morgan fingerprint density at radius 1 is 1.28 bits per heavy atom. The molecule has 7 heteroatoms. The third kappa shape index (κ3) is 4.06. The number of carbonyl (C=O) groups is 1. The van der Waals surface area contributed by atoms with Gasteiger partial charge < -0.3 is 5.32 Å². The van der Waals surface area contributed by atoms with Gasteiger partial charge in [-0.3, -0.25) is 19.1 Å². The minimum Gasteiger partial charge on any atom is -0.353 e. The van der Waals surface area contributed by atoms with Gasteiger partial charge in [-0.15, -0.1) is 0 Å². The molecule has 2 heterocycles. The topological polar surface area (TPSA) is 84.0 Å². The van der Waals surface area contributed by atoms with Gasteiger partial charge in [0.05, 0.1) is 10.9 Å². The van der Waals surface area contributed by atoms with Gasteiger partial charge in [0, 0.05) is 19.0 Å². The normalized spacial score (nSPS) is 12.2. The minimum absolute atomic E-state index is 0.0196. The molecule has 25 heavy (non-hydrogen) atoms. The third-order valence-electron chi connectivity index (χ3n) is 4.00. The van der Waals surface area contributed by atoms with Crippen molar-refractivity contribution in [1.82, 2.24) is 14.9 Å². The van der Waals surface area contributed by atoms with Crippen LogP contribution in [0.4, 0.5) is 0 Å². The van der Waals surface area contributed by atoms with Crippen LogP contribution in [-0.4, -0.2) is 21.5 Å². The van der Waals surface area contributed by atoms with Crippen molar-refractivity contribution in [1.29, 1.82) is 0 Å². The summed E-state index contributed by atoms with van der Waals surface area (Å²) in [7, 11) is 0. The average Bonchev–Trinajstić information content (AvgIpc) is 3.07. The van der Waals surface area contributed by atoms with Gasteiger partial charge in [-0.05, 0) is 47.9 Å². The molecule has 0 aliphatic carbocycles. The van der Waals surface area contributed by atoms with Crippen molar-refractivity contribution in [3.8, 4) is 0 Å². The lowest BCUT2D eigenvalue weighted by Gasteiger charge is -2.14. The number of fused-ring (bicyclic) bond motifs is 1. The summed E-state index contributed by atoms with van der Waals surface area (Å²) >= 11 is 1.63. The third-order valence-corrected chi connectivity index (χ3v) is 4.73. The van der Waals surface area contributed by atoms with Crippen molar-refractivity contribution in [3.05, 3.63) is 67.5 Å². The standard InChI is InChI=1S/C18H19N3O3S/c1-12(10-13-7-9-25-11-13)19-16(22)6-8-21-15-5-3-2-4-14(15)17(23)20-18(21)24/h2-5,7,9,11-12H,6,8,10H2,1H3,(H,19,22)(H,20,23,24). The molecule has 1 atom stereocenters. The quantitative estimate of drug-likeness (QED) is 0.707. The van der Waals surface area contributed by atoms with Crippen molar-refractivity contribution < 1.29 is 4.79 Å². The SMILES string of the molecule is CC(Cc1ccsc1)NC(=O)CCn1c(=O)[nH]c(=O)c2ccccc21. The number of hydrogen-bond donors (Lipinski definition) is 2. The van der Waals surface area contributed by atoms with E-state index in [1.807, 2.05) is 18.4 Å². The molecule has 2 N–H and O–H groups in total. The van der Waals surface area contributed by atoms with Gasteiger partial charge in [0.15, 0.2) is 0 Å². The monoisotopic (exact) mass is 357 g/mol. The molecule has 0 aliphatic rings. The molecule has 0 aliphatic heterocycles. The predicted molar refractivity (Wildman–Crippen MR) is 99.1 cm³/mol. The molecule has 1 aromatic carbocycles. The van der Waals surface area contributed by atoms with E-state index < -0.39 is 11.2 Å². The van der Waals surface area contributed by atoms with Crippen LogP contribution in [0.3, 0.4) is 0 Å². The van der Waals surface area contributed by atoms with E-state index >= 15 is 0 Å². The van der Waals surface area contributed by atoms with Crippen molar-refractivity contribution >= 4 is 28.1 Å². The molecule has 3 rings (SSSR count). The zero-order valence-corrected chi connectivity index (χ0v) is 14.6. The number of carbonyl (C=O) groups excluding carboxylic acids is 1. The smallest absolute Gasteiger partial charge is 0.328 e. The summed E-state index contributed by atoms with van der Waals surface area (Å²) in [6.07, 6.45) is 0.945. The zero-order chi connectivity index (χ0) is 17.8. The van der Waals surface area contributed by atoms with Crippen molar-refractivity contribution in [2.75, 3.05) is 0 Å². The number of benzene rings is 1. The number of nitrogens with zero attached hydrogens (tertiary/aromatic N) is 1. The van der Waals surface area contributed by atoms with Crippen molar-refractivity contribution in [3.63, 3.8) is 0 Å². The van der Waals surface area contributed by atoms with Crippen LogP contribution in [0.15, 0.2) is 50.7 Å². The molecule has 2 aromatic heterocycles. The molecule has 0 spiro atoms. The highest BCUT2D eigenvalue weighted by atomic mass is 32.1. The van der Waals surface area contributed by atoms with Gasteiger partial charge in [0.2, 0.25) is 5.91 Å². The second-order valence-corrected chi connectivity index (χ2v) is 6.76. The van der Waals surface area contributed by atoms with E-state index in [1.54, 1.807) is 35.6 Å². The van der Waals surface area contributed by atoms with E-state index in [2.05, 4.69) is 15.7 Å². The Hall–Kier alpha value is -2.67. The number of thiophene rings is 1. The Morgan fingerprint density at radius 2 is 2.08 bits per heavy atom. The van der Waals surface area contributed by atoms with E-state index in [4.69, 9.17) is 0 Å². The summed E-state index contributed by atoms with van der Waals surface area (Å²) < 4.78 is 1.43. The van der Waals surface area contributed by atoms with Crippen molar-refractivity contribution in [2.24, 2.45) is 0 Å². The van der Waals surface area contributed by atoms with Gasteiger partial charge in [0.25, 0.3) is 5.56 Å². The van der Waals surface area contributed by atoms with Crippen LogP contribution in [-0.2, 0) is 17.8 Å². The molecule has 6 nitrogen and oxygen atoms in total. The van der Waals surface area contributed by atoms with Gasteiger partial charge in [-0.25, -0.2) is 4.79 Å². The maximum absolute atomic E-state index is 12.2. The highest BCUT2D eigenvalue weighted by Crippen LogP contribution is 2.09. The van der Waals surface area contributed by atoms with E-state index in [0.29, 0.717) is 10.9 Å². The summed E-state index contributed by atoms with van der Waals surface area (Å²) in [5, 5.41) is 7.46. The lowest BCUT2D eigenvalue weighted by atomic mass is 10.1. The fraction of sp³-hybridized carbons (Fsp3) is 0.278. The highest BCUT2D eigenvalue weighted by molar-refractivity contribution is 7.07. The van der Waals surface area contributed by atoms with E-state index in [9.17, 15) is 14.4 Å². The first-order valence-electron chi connectivity index (χ1n) is 8.07. The van der Waals surface area contributed by atoms with Gasteiger partial charge in [0.1, 0.15) is 0 Å². The Bertz CT molecular complexity index is 989. The number of aryl methyl sites for hydroxylation is 1. The first kappa shape index (κ1) is 17.2. The number of aromatic nitrogens is 2. The molecule has 130 valence electrons. The molecule has 0 saturated carbocycles. The van der Waals surface area contributed by atoms with Gasteiger partial charge >= 0.3 is 5.69 Å². The van der Waals surface area contributed by atoms with Crippen molar-refractivity contribution in [2.45, 2.75) is 32.4 Å². The number of para-hydroxylation sites is 1. The summed E-state index contributed by atoms with van der Waals surface area (Å²) in [6, 6.07) is 8.94. The Labute approximate surface area is 148 Å². The molecule has 0 fully saturated rings. The molecule has 1 amide bonds. The largest absolute Gasteiger partial charge is 0.353 e. The predicted octanol–water partition coefficient (Wildman–Crippen LogP) is 1.89. The number of nitrogens with one attached hydrogen (secondary N) is 2. The van der Waals surface area contributed by atoms with Crippen LogP contribution in [0.2, 0.25) is 0 Å². The summed E-state index contributed by atoms with van der Waals surface area (Å²) in [5.41, 5.74) is 0.824. The van der Waals surface area contributed by atoms with Crippen LogP contribution in [0, 0.1) is 0 Å². The van der Waals surface area contributed by atoms with E-state index in [0.717, 1.165) is 6.42 Å². The summed E-state index contributed by atoms with van der Waals surface area (Å²) in [6.45, 7) is 2.17. The summed E-state index contributed by atoms with van der Waals surface area (Å²) in [4.78, 5) is 38.4. The molecule has 0 saturated heterocycles. The van der Waals surface area contributed by atoms with E-state index in [1.165, 1.54) is 10.1 Å². The second-order valence-electron chi connectivity index (χ2n) is 5.98. The maximum atomic E-state index is 12.2. The fourth-order valence-electron chi connectivity index (χ4n) is 2.84. The highest BCUT2D eigenvalue weighted by Gasteiger charge is 2.11. The van der Waals surface area contributed by atoms with Crippen LogP contribution in [0.1, 0.15) is 18.9 Å². The maximum Gasteiger partial charge on any atom is 0.328 e. The molecular weight excluding hydrogens is 338 g/mol. The number of aromatic amines is 1. The molecule has 1 unspecified atom stereocenters. The summed E-state index contributed by atoms with van der Waals surface area (Å²) in [5.74, 6) is -0.120. The Kier molecular flexibility index (Phi) is 5.14. The zero-order valence-electron chi connectivity index (χ0n) is 13.8. The minimum atomic E-state index is -0.497. The van der Waals surface area contributed by atoms with Gasteiger partial charge in [-0.1, -0.05) is 12.1 Å². The molecular formula is C18H19N3O3S. The first-order chi connectivity index (χ1) is 12.0. The molecule has 0 radical (unpaired) electrons. The second kappa shape index (κ2) is 7.48. The van der Waals surface area contributed by atoms with Gasteiger partial charge in [-0.2, -0.15) is 11.3 Å². The molecule has 0 bridgehead atoms. The lowest BCUT2D eigenvalue weighted by Crippen LogP contribution is -2.36. The Morgan fingerprint density at radius 3 is 2.84 bits per heavy atom. The van der Waals surface area contributed by atoms with E-state index in [-0.39, 0.29) is 24.9 Å². The average molecular weight is 357 g/mol. The number of H-pyrrole nitrogens is 1. The fourth-order valence-corrected chi connectivity index (χ4v) is 3.52. The number of hydrogen-bond acceptors (Lipinski definition) is 4. The van der Waals surface area contributed by atoms with Crippen LogP contribution in [0.5, 0.6) is 0 Å². The molecule has 3 aromatic rings. The lowest BCUT2D eigenvalue weighted by molar-refractivity contribution is -0.121. The number of rotatable bonds is 6. The first-order valence-corrected chi connectivity index (χ1v) is 9.01. The Balaban J connectivity index is 1.67.